The van der Waals surface area contributed by atoms with Crippen LogP contribution in [0.3, 0.4) is 0 Å². The lowest BCUT2D eigenvalue weighted by Crippen LogP contribution is -2.17. The Bertz CT molecular complexity index is 1330. The van der Waals surface area contributed by atoms with E-state index >= 15 is 0 Å². The highest BCUT2D eigenvalue weighted by atomic mass is 19.4. The molecule has 9 heteroatoms. The third kappa shape index (κ3) is 5.49. The molecule has 1 heterocycles. The third-order valence-electron chi connectivity index (χ3n) is 5.15. The number of ether oxygens (including phenoxy) is 2. The maximum atomic E-state index is 12.6. The standard InChI is InChI=1S/C25H20F3NO5/c26-25(27,28)34-20-6-4-18(10-24(30)31)23(11-20)33-14-19-13-32-22-7-5-17(9-21(19)22)16-3-1-2-15(8-16)12-29/h1-9,11,13H,10,12,14,29H2,(H,30,31). The minimum absolute atomic E-state index is 0.0229. The van der Waals surface area contributed by atoms with Crippen molar-refractivity contribution in [1.29, 1.82) is 0 Å². The van der Waals surface area contributed by atoms with Crippen LogP contribution < -0.4 is 15.2 Å². The van der Waals surface area contributed by atoms with Crippen LogP contribution in [0.2, 0.25) is 0 Å². The Morgan fingerprint density at radius 2 is 1.79 bits per heavy atom. The maximum absolute atomic E-state index is 12.6. The SMILES string of the molecule is NCc1cccc(-c2ccc3occ(COc4cc(OC(F)(F)F)ccc4CC(=O)O)c3c2)c1. The van der Waals surface area contributed by atoms with Crippen molar-refractivity contribution in [2.75, 3.05) is 0 Å². The number of carbonyl (C=O) groups is 1. The summed E-state index contributed by atoms with van der Waals surface area (Å²) in [6.45, 7) is 0.359. The highest BCUT2D eigenvalue weighted by molar-refractivity contribution is 5.86. The van der Waals surface area contributed by atoms with Crippen molar-refractivity contribution >= 4 is 16.9 Å². The first kappa shape index (κ1) is 23.2. The van der Waals surface area contributed by atoms with Crippen LogP contribution in [-0.4, -0.2) is 17.4 Å². The summed E-state index contributed by atoms with van der Waals surface area (Å²) >= 11 is 0. The number of alkyl halides is 3. The molecule has 34 heavy (non-hydrogen) atoms. The predicted octanol–water partition coefficient (Wildman–Crippen LogP) is 5.66. The zero-order chi connectivity index (χ0) is 24.3. The number of aliphatic carboxylic acids is 1. The van der Waals surface area contributed by atoms with Crippen LogP contribution >= 0.6 is 0 Å². The van der Waals surface area contributed by atoms with E-state index in [4.69, 9.17) is 20.0 Å². The Morgan fingerprint density at radius 1 is 1.00 bits per heavy atom. The molecule has 1 aromatic heterocycles. The number of furan rings is 1. The average Bonchev–Trinajstić information content (AvgIpc) is 3.20. The van der Waals surface area contributed by atoms with Gasteiger partial charge in [0.05, 0.1) is 12.7 Å². The van der Waals surface area contributed by atoms with Gasteiger partial charge in [-0.3, -0.25) is 4.79 Å². The van der Waals surface area contributed by atoms with E-state index in [-0.39, 0.29) is 17.9 Å². The first-order chi connectivity index (χ1) is 16.2. The zero-order valence-corrected chi connectivity index (χ0v) is 17.8. The van der Waals surface area contributed by atoms with E-state index in [1.807, 2.05) is 42.5 Å². The Hall–Kier alpha value is -3.98. The zero-order valence-electron chi connectivity index (χ0n) is 17.8. The van der Waals surface area contributed by atoms with Gasteiger partial charge < -0.3 is 24.7 Å². The van der Waals surface area contributed by atoms with Gasteiger partial charge in [-0.05, 0) is 41.0 Å². The van der Waals surface area contributed by atoms with Crippen molar-refractivity contribution < 1.29 is 37.0 Å². The number of hydrogen-bond donors (Lipinski definition) is 2. The van der Waals surface area contributed by atoms with Gasteiger partial charge in [-0.15, -0.1) is 13.2 Å². The lowest BCUT2D eigenvalue weighted by Gasteiger charge is -2.14. The van der Waals surface area contributed by atoms with Gasteiger partial charge in [0.25, 0.3) is 0 Å². The minimum atomic E-state index is -4.88. The molecule has 0 spiro atoms. The van der Waals surface area contributed by atoms with Gasteiger partial charge in [0.1, 0.15) is 23.7 Å². The lowest BCUT2D eigenvalue weighted by molar-refractivity contribution is -0.274. The molecule has 0 amide bonds. The van der Waals surface area contributed by atoms with E-state index < -0.39 is 24.5 Å². The van der Waals surface area contributed by atoms with Gasteiger partial charge in [0.2, 0.25) is 0 Å². The molecule has 0 aliphatic carbocycles. The fraction of sp³-hybridized carbons (Fsp3) is 0.160. The summed E-state index contributed by atoms with van der Waals surface area (Å²) in [7, 11) is 0. The van der Waals surface area contributed by atoms with Crippen molar-refractivity contribution in [3.05, 3.63) is 83.6 Å². The van der Waals surface area contributed by atoms with Gasteiger partial charge in [-0.25, -0.2) is 0 Å². The molecular weight excluding hydrogens is 451 g/mol. The number of fused-ring (bicyclic) bond motifs is 1. The van der Waals surface area contributed by atoms with Gasteiger partial charge in [-0.1, -0.05) is 30.3 Å². The van der Waals surface area contributed by atoms with E-state index in [0.717, 1.165) is 34.2 Å². The topological polar surface area (TPSA) is 94.9 Å². The van der Waals surface area contributed by atoms with Crippen LogP contribution in [0.1, 0.15) is 16.7 Å². The van der Waals surface area contributed by atoms with E-state index in [2.05, 4.69) is 4.74 Å². The van der Waals surface area contributed by atoms with Crippen LogP contribution in [0, 0.1) is 0 Å². The second-order valence-corrected chi connectivity index (χ2v) is 7.55. The smallest absolute Gasteiger partial charge is 0.488 e. The van der Waals surface area contributed by atoms with E-state index in [0.29, 0.717) is 17.7 Å². The number of nitrogens with two attached hydrogens (primary N) is 1. The number of benzene rings is 3. The molecule has 0 saturated carbocycles. The largest absolute Gasteiger partial charge is 0.573 e. The fourth-order valence-electron chi connectivity index (χ4n) is 3.58. The molecule has 0 radical (unpaired) electrons. The van der Waals surface area contributed by atoms with Crippen molar-refractivity contribution in [1.82, 2.24) is 0 Å². The van der Waals surface area contributed by atoms with Gasteiger partial charge in [0.15, 0.2) is 0 Å². The summed E-state index contributed by atoms with van der Waals surface area (Å²) < 4.78 is 53.1. The summed E-state index contributed by atoms with van der Waals surface area (Å²) in [5.41, 5.74) is 10.1. The molecule has 4 rings (SSSR count). The Morgan fingerprint density at radius 3 is 2.53 bits per heavy atom. The van der Waals surface area contributed by atoms with Gasteiger partial charge >= 0.3 is 12.3 Å². The maximum Gasteiger partial charge on any atom is 0.573 e. The molecule has 0 atom stereocenters. The highest BCUT2D eigenvalue weighted by Gasteiger charge is 2.31. The summed E-state index contributed by atoms with van der Waals surface area (Å²) in [4.78, 5) is 11.2. The molecule has 0 aliphatic rings. The van der Waals surface area contributed by atoms with Crippen LogP contribution in [0.4, 0.5) is 13.2 Å². The van der Waals surface area contributed by atoms with E-state index in [1.54, 1.807) is 0 Å². The quantitative estimate of drug-likeness (QED) is 0.344. The normalized spacial score (nSPS) is 11.5. The van der Waals surface area contributed by atoms with Crippen LogP contribution in [0.5, 0.6) is 11.5 Å². The van der Waals surface area contributed by atoms with Crippen LogP contribution in [0.25, 0.3) is 22.1 Å². The van der Waals surface area contributed by atoms with E-state index in [1.165, 1.54) is 12.3 Å². The van der Waals surface area contributed by atoms with Crippen molar-refractivity contribution in [2.24, 2.45) is 5.73 Å². The molecule has 0 saturated heterocycles. The number of hydrogen-bond acceptors (Lipinski definition) is 5. The number of carboxylic acids is 1. The predicted molar refractivity (Wildman–Crippen MR) is 118 cm³/mol. The lowest BCUT2D eigenvalue weighted by atomic mass is 10.0. The van der Waals surface area contributed by atoms with E-state index in [9.17, 15) is 18.0 Å². The number of halogens is 3. The fourth-order valence-corrected chi connectivity index (χ4v) is 3.58. The average molecular weight is 471 g/mol. The molecule has 0 aliphatic heterocycles. The molecular formula is C25H20F3NO5. The summed E-state index contributed by atoms with van der Waals surface area (Å²) in [6, 6.07) is 16.8. The summed E-state index contributed by atoms with van der Waals surface area (Å²) in [5.74, 6) is -1.67. The Labute approximate surface area is 192 Å². The Kier molecular flexibility index (Phi) is 6.47. The first-order valence-electron chi connectivity index (χ1n) is 10.2. The third-order valence-corrected chi connectivity index (χ3v) is 5.15. The summed E-state index contributed by atoms with van der Waals surface area (Å²) in [6.07, 6.45) is -3.81. The van der Waals surface area contributed by atoms with Crippen molar-refractivity contribution in [3.63, 3.8) is 0 Å². The number of carboxylic acid groups (broad SMARTS) is 1. The molecule has 0 bridgehead atoms. The monoisotopic (exact) mass is 471 g/mol. The molecule has 176 valence electrons. The van der Waals surface area contributed by atoms with Crippen LogP contribution in [0.15, 0.2) is 71.3 Å². The van der Waals surface area contributed by atoms with Crippen LogP contribution in [-0.2, 0) is 24.4 Å². The number of rotatable bonds is 8. The van der Waals surface area contributed by atoms with Crippen molar-refractivity contribution in [3.8, 4) is 22.6 Å². The minimum Gasteiger partial charge on any atom is -0.488 e. The molecule has 3 aromatic carbocycles. The van der Waals surface area contributed by atoms with Gasteiger partial charge in [0, 0.05) is 29.1 Å². The van der Waals surface area contributed by atoms with Crippen molar-refractivity contribution in [2.45, 2.75) is 25.9 Å². The molecule has 6 nitrogen and oxygen atoms in total. The second-order valence-electron chi connectivity index (χ2n) is 7.55. The Balaban J connectivity index is 1.62. The molecule has 4 aromatic rings. The second kappa shape index (κ2) is 9.48. The molecule has 0 fully saturated rings. The first-order valence-corrected chi connectivity index (χ1v) is 10.2. The molecule has 0 unspecified atom stereocenters. The highest BCUT2D eigenvalue weighted by Crippen LogP contribution is 2.32. The van der Waals surface area contributed by atoms with Gasteiger partial charge in [-0.2, -0.15) is 0 Å². The summed E-state index contributed by atoms with van der Waals surface area (Å²) in [5, 5.41) is 9.89. The molecule has 3 N–H and O–H groups in total.